The predicted molar refractivity (Wildman–Crippen MR) is 63.6 cm³/mol. The Morgan fingerprint density at radius 1 is 1.50 bits per heavy atom. The molecule has 0 spiro atoms. The normalized spacial score (nSPS) is 12.6. The number of Topliss-reactive ketones (excluding diaryl/α,β-unsaturated/α-hetero) is 1. The van der Waals surface area contributed by atoms with E-state index in [-0.39, 0.29) is 17.6 Å². The average Bonchev–Trinajstić information content (AvgIpc) is 2.64. The van der Waals surface area contributed by atoms with E-state index in [0.717, 1.165) is 0 Å². The summed E-state index contributed by atoms with van der Waals surface area (Å²) < 4.78 is 0. The summed E-state index contributed by atoms with van der Waals surface area (Å²) in [6.07, 6.45) is 0. The fourth-order valence-corrected chi connectivity index (χ4v) is 1.74. The first kappa shape index (κ1) is 12.8. The van der Waals surface area contributed by atoms with E-state index >= 15 is 0 Å². The smallest absolute Gasteiger partial charge is 0.243 e. The molecule has 0 radical (unpaired) electrons. The zero-order valence-corrected chi connectivity index (χ0v) is 10.3. The van der Waals surface area contributed by atoms with E-state index in [1.807, 2.05) is 13.8 Å². The Kier molecular flexibility index (Phi) is 4.14. The van der Waals surface area contributed by atoms with Crippen LogP contribution >= 0.6 is 11.3 Å². The molecule has 6 heteroatoms. The van der Waals surface area contributed by atoms with Gasteiger partial charge < -0.3 is 11.1 Å². The van der Waals surface area contributed by atoms with Crippen LogP contribution in [0.5, 0.6) is 0 Å². The minimum absolute atomic E-state index is 0.0623. The maximum absolute atomic E-state index is 11.6. The highest BCUT2D eigenvalue weighted by molar-refractivity contribution is 7.14. The molecule has 3 N–H and O–H groups in total. The highest BCUT2D eigenvalue weighted by Crippen LogP contribution is 2.16. The molecule has 0 fully saturated rings. The predicted octanol–water partition coefficient (Wildman–Crippen LogP) is 1.27. The summed E-state index contributed by atoms with van der Waals surface area (Å²) in [4.78, 5) is 26.5. The molecule has 0 aliphatic rings. The van der Waals surface area contributed by atoms with Crippen molar-refractivity contribution >= 4 is 28.2 Å². The lowest BCUT2D eigenvalue weighted by Crippen LogP contribution is -2.39. The lowest BCUT2D eigenvalue weighted by Gasteiger charge is -2.13. The molecule has 1 aromatic rings. The summed E-state index contributed by atoms with van der Waals surface area (Å²) in [6.45, 7) is 5.17. The van der Waals surface area contributed by atoms with Gasteiger partial charge in [0.25, 0.3) is 0 Å². The Hall–Kier alpha value is -1.27. The van der Waals surface area contributed by atoms with Crippen molar-refractivity contribution in [1.29, 1.82) is 0 Å². The number of carbonyl (C=O) groups excluding carboxylic acids is 2. The molecule has 0 unspecified atom stereocenters. The summed E-state index contributed by atoms with van der Waals surface area (Å²) in [5.41, 5.74) is 6.03. The third kappa shape index (κ3) is 3.11. The summed E-state index contributed by atoms with van der Waals surface area (Å²) in [5, 5.41) is 4.61. The molecule has 1 amide bonds. The number of thiazole rings is 1. The summed E-state index contributed by atoms with van der Waals surface area (Å²) in [7, 11) is 0. The lowest BCUT2D eigenvalue weighted by atomic mass is 10.1. The minimum atomic E-state index is -0.565. The number of nitrogens with two attached hydrogens (primary N) is 1. The molecule has 16 heavy (non-hydrogen) atoms. The third-order valence-corrected chi connectivity index (χ3v) is 2.87. The van der Waals surface area contributed by atoms with Crippen molar-refractivity contribution in [3.05, 3.63) is 11.1 Å². The van der Waals surface area contributed by atoms with Gasteiger partial charge in [-0.25, -0.2) is 4.98 Å². The van der Waals surface area contributed by atoms with Gasteiger partial charge in [0.2, 0.25) is 5.91 Å². The van der Waals surface area contributed by atoms with Crippen LogP contribution in [0.15, 0.2) is 5.38 Å². The topological polar surface area (TPSA) is 85.1 Å². The summed E-state index contributed by atoms with van der Waals surface area (Å²) in [5.74, 6) is -0.336. The van der Waals surface area contributed by atoms with Gasteiger partial charge in [-0.05, 0) is 5.92 Å². The van der Waals surface area contributed by atoms with E-state index in [2.05, 4.69) is 10.3 Å². The van der Waals surface area contributed by atoms with E-state index in [9.17, 15) is 9.59 Å². The van der Waals surface area contributed by atoms with Crippen molar-refractivity contribution in [1.82, 2.24) is 4.98 Å². The van der Waals surface area contributed by atoms with Crippen molar-refractivity contribution in [2.45, 2.75) is 26.8 Å². The highest BCUT2D eigenvalue weighted by Gasteiger charge is 2.18. The molecule has 1 heterocycles. The van der Waals surface area contributed by atoms with Crippen molar-refractivity contribution in [3.63, 3.8) is 0 Å². The number of nitrogens with zero attached hydrogens (tertiary/aromatic N) is 1. The van der Waals surface area contributed by atoms with Gasteiger partial charge in [0.15, 0.2) is 10.9 Å². The fourth-order valence-electron chi connectivity index (χ4n) is 0.984. The van der Waals surface area contributed by atoms with Gasteiger partial charge in [0.05, 0.1) is 6.04 Å². The molecule has 0 saturated carbocycles. The Morgan fingerprint density at radius 3 is 2.56 bits per heavy atom. The molecular formula is C10H15N3O2S. The van der Waals surface area contributed by atoms with Gasteiger partial charge in [-0.2, -0.15) is 0 Å². The van der Waals surface area contributed by atoms with Crippen LogP contribution in [0.3, 0.4) is 0 Å². The monoisotopic (exact) mass is 241 g/mol. The Balaban J connectivity index is 2.66. The quantitative estimate of drug-likeness (QED) is 0.777. The maximum Gasteiger partial charge on any atom is 0.243 e. The van der Waals surface area contributed by atoms with E-state index in [1.165, 1.54) is 18.3 Å². The van der Waals surface area contributed by atoms with Crippen molar-refractivity contribution in [3.8, 4) is 0 Å². The van der Waals surface area contributed by atoms with E-state index in [4.69, 9.17) is 5.73 Å². The van der Waals surface area contributed by atoms with Crippen LogP contribution in [0, 0.1) is 5.92 Å². The number of carbonyl (C=O) groups is 2. The highest BCUT2D eigenvalue weighted by atomic mass is 32.1. The van der Waals surface area contributed by atoms with Gasteiger partial charge in [0.1, 0.15) is 5.69 Å². The Morgan fingerprint density at radius 2 is 2.12 bits per heavy atom. The third-order valence-electron chi connectivity index (χ3n) is 2.12. The zero-order chi connectivity index (χ0) is 12.3. The van der Waals surface area contributed by atoms with Crippen LogP contribution < -0.4 is 11.1 Å². The molecule has 0 aromatic carbocycles. The second-order valence-electron chi connectivity index (χ2n) is 3.85. The largest absolute Gasteiger partial charge is 0.320 e. The molecule has 0 bridgehead atoms. The van der Waals surface area contributed by atoms with E-state index in [0.29, 0.717) is 10.8 Å². The van der Waals surface area contributed by atoms with Gasteiger partial charge >= 0.3 is 0 Å². The minimum Gasteiger partial charge on any atom is -0.320 e. The number of amides is 1. The standard InChI is InChI=1S/C10H15N3O2S/c1-5(2)8(11)9(15)13-10-12-7(4-16-10)6(3)14/h4-5,8H,11H2,1-3H3,(H,12,13,15)/t8-/m0/s1. The van der Waals surface area contributed by atoms with Crippen LogP contribution in [0.2, 0.25) is 0 Å². The fraction of sp³-hybridized carbons (Fsp3) is 0.500. The second-order valence-corrected chi connectivity index (χ2v) is 4.71. The summed E-state index contributed by atoms with van der Waals surface area (Å²) >= 11 is 1.22. The lowest BCUT2D eigenvalue weighted by molar-refractivity contribution is -0.118. The average molecular weight is 241 g/mol. The van der Waals surface area contributed by atoms with Crippen molar-refractivity contribution in [2.75, 3.05) is 5.32 Å². The van der Waals surface area contributed by atoms with Crippen LogP contribution in [-0.4, -0.2) is 22.7 Å². The van der Waals surface area contributed by atoms with Gasteiger partial charge in [-0.3, -0.25) is 9.59 Å². The number of anilines is 1. The first-order valence-electron chi connectivity index (χ1n) is 4.94. The molecular weight excluding hydrogens is 226 g/mol. The van der Waals surface area contributed by atoms with E-state index < -0.39 is 6.04 Å². The number of hydrogen-bond acceptors (Lipinski definition) is 5. The molecule has 1 atom stereocenters. The van der Waals surface area contributed by atoms with Gasteiger partial charge in [-0.15, -0.1) is 11.3 Å². The maximum atomic E-state index is 11.6. The molecule has 0 aliphatic heterocycles. The van der Waals surface area contributed by atoms with Crippen molar-refractivity contribution < 1.29 is 9.59 Å². The molecule has 0 saturated heterocycles. The van der Waals surface area contributed by atoms with Crippen LogP contribution in [0.4, 0.5) is 5.13 Å². The number of hydrogen-bond donors (Lipinski definition) is 2. The number of ketones is 1. The zero-order valence-electron chi connectivity index (χ0n) is 9.48. The number of rotatable bonds is 4. The summed E-state index contributed by atoms with van der Waals surface area (Å²) in [6, 6.07) is -0.565. The van der Waals surface area contributed by atoms with Crippen molar-refractivity contribution in [2.24, 2.45) is 11.7 Å². The molecule has 5 nitrogen and oxygen atoms in total. The van der Waals surface area contributed by atoms with Crippen LogP contribution in [-0.2, 0) is 4.79 Å². The van der Waals surface area contributed by atoms with Gasteiger partial charge in [0, 0.05) is 12.3 Å². The molecule has 88 valence electrons. The second kappa shape index (κ2) is 5.18. The number of nitrogens with one attached hydrogen (secondary N) is 1. The van der Waals surface area contributed by atoms with Crippen LogP contribution in [0.25, 0.3) is 0 Å². The molecule has 0 aliphatic carbocycles. The Labute approximate surface area is 98.1 Å². The van der Waals surface area contributed by atoms with Gasteiger partial charge in [-0.1, -0.05) is 13.8 Å². The molecule has 1 aromatic heterocycles. The molecule has 1 rings (SSSR count). The SMILES string of the molecule is CC(=O)c1csc(NC(=O)[C@@H](N)C(C)C)n1. The number of aromatic nitrogens is 1. The first-order valence-corrected chi connectivity index (χ1v) is 5.82. The Bertz CT molecular complexity index is 401. The first-order chi connectivity index (χ1) is 7.41. The van der Waals surface area contributed by atoms with Crippen LogP contribution in [0.1, 0.15) is 31.3 Å². The van der Waals surface area contributed by atoms with E-state index in [1.54, 1.807) is 5.38 Å².